The number of amides is 1. The van der Waals surface area contributed by atoms with Crippen molar-refractivity contribution in [2.75, 3.05) is 11.9 Å². The summed E-state index contributed by atoms with van der Waals surface area (Å²) in [7, 11) is 0. The summed E-state index contributed by atoms with van der Waals surface area (Å²) in [5.74, 6) is 0.200. The topological polar surface area (TPSA) is 58.6 Å². The molecule has 5 heteroatoms. The number of para-hydroxylation sites is 1. The summed E-state index contributed by atoms with van der Waals surface area (Å²) in [4.78, 5) is 11.8. The number of rotatable bonds is 5. The van der Waals surface area contributed by atoms with E-state index in [0.29, 0.717) is 22.0 Å². The summed E-state index contributed by atoms with van der Waals surface area (Å²) in [6.45, 7) is 1.50. The van der Waals surface area contributed by atoms with Crippen LogP contribution in [0.25, 0.3) is 0 Å². The zero-order valence-corrected chi connectivity index (χ0v) is 12.3. The fourth-order valence-corrected chi connectivity index (χ4v) is 2.05. The lowest BCUT2D eigenvalue weighted by molar-refractivity contribution is -0.118. The molecule has 1 amide bonds. The van der Waals surface area contributed by atoms with Gasteiger partial charge in [-0.3, -0.25) is 4.79 Å². The molecule has 2 N–H and O–H groups in total. The van der Waals surface area contributed by atoms with Crippen LogP contribution >= 0.6 is 11.6 Å². The lowest BCUT2D eigenvalue weighted by atomic mass is 10.1. The molecule has 0 spiro atoms. The third-order valence-corrected chi connectivity index (χ3v) is 3.07. The number of hydrogen-bond acceptors (Lipinski definition) is 3. The maximum absolute atomic E-state index is 11.8. The Morgan fingerprint density at radius 2 is 2.05 bits per heavy atom. The maximum atomic E-state index is 11.8. The standard InChI is InChI=1S/C16H16ClNO3/c1-11(19)14-7-2-3-8-15(14)21-10-16(20)18-13-6-4-5-12(17)9-13/h2-9,11,19H,10H2,1H3,(H,18,20). The number of benzene rings is 2. The molecule has 0 radical (unpaired) electrons. The number of aliphatic hydroxyl groups excluding tert-OH is 1. The summed E-state index contributed by atoms with van der Waals surface area (Å²) < 4.78 is 5.46. The van der Waals surface area contributed by atoms with Crippen molar-refractivity contribution >= 4 is 23.2 Å². The first-order chi connectivity index (χ1) is 10.1. The summed E-state index contributed by atoms with van der Waals surface area (Å²) in [6.07, 6.45) is -0.655. The van der Waals surface area contributed by atoms with Gasteiger partial charge in [-0.15, -0.1) is 0 Å². The van der Waals surface area contributed by atoms with Crippen LogP contribution in [0.1, 0.15) is 18.6 Å². The molecule has 4 nitrogen and oxygen atoms in total. The van der Waals surface area contributed by atoms with Crippen molar-refractivity contribution in [3.8, 4) is 5.75 Å². The second kappa shape index (κ2) is 7.11. The van der Waals surface area contributed by atoms with Crippen molar-refractivity contribution in [1.29, 1.82) is 0 Å². The quantitative estimate of drug-likeness (QED) is 0.890. The highest BCUT2D eigenvalue weighted by Crippen LogP contribution is 2.24. The van der Waals surface area contributed by atoms with Gasteiger partial charge in [0.05, 0.1) is 6.10 Å². The monoisotopic (exact) mass is 305 g/mol. The molecule has 21 heavy (non-hydrogen) atoms. The minimum Gasteiger partial charge on any atom is -0.483 e. The van der Waals surface area contributed by atoms with Gasteiger partial charge in [0, 0.05) is 16.3 Å². The number of aliphatic hydroxyl groups is 1. The smallest absolute Gasteiger partial charge is 0.262 e. The number of anilines is 1. The van der Waals surface area contributed by atoms with Gasteiger partial charge in [0.25, 0.3) is 5.91 Å². The van der Waals surface area contributed by atoms with E-state index in [-0.39, 0.29) is 12.5 Å². The molecule has 2 rings (SSSR count). The fraction of sp³-hybridized carbons (Fsp3) is 0.188. The Labute approximate surface area is 128 Å². The van der Waals surface area contributed by atoms with Crippen LogP contribution < -0.4 is 10.1 Å². The lowest BCUT2D eigenvalue weighted by Crippen LogP contribution is -2.20. The van der Waals surface area contributed by atoms with E-state index >= 15 is 0 Å². The van der Waals surface area contributed by atoms with E-state index in [2.05, 4.69) is 5.32 Å². The summed E-state index contributed by atoms with van der Waals surface area (Å²) >= 11 is 5.85. The minimum atomic E-state index is -0.655. The van der Waals surface area contributed by atoms with E-state index in [4.69, 9.17) is 16.3 Å². The largest absolute Gasteiger partial charge is 0.483 e. The number of carbonyl (C=O) groups excluding carboxylic acids is 1. The Bertz CT molecular complexity index is 628. The molecular weight excluding hydrogens is 290 g/mol. The van der Waals surface area contributed by atoms with E-state index < -0.39 is 6.10 Å². The summed E-state index contributed by atoms with van der Waals surface area (Å²) in [6, 6.07) is 13.9. The van der Waals surface area contributed by atoms with E-state index in [1.165, 1.54) is 0 Å². The molecular formula is C16H16ClNO3. The van der Waals surface area contributed by atoms with E-state index in [0.717, 1.165) is 0 Å². The van der Waals surface area contributed by atoms with Crippen molar-refractivity contribution in [2.45, 2.75) is 13.0 Å². The molecule has 0 bridgehead atoms. The normalized spacial score (nSPS) is 11.8. The highest BCUT2D eigenvalue weighted by atomic mass is 35.5. The number of nitrogens with one attached hydrogen (secondary N) is 1. The predicted octanol–water partition coefficient (Wildman–Crippen LogP) is 3.41. The van der Waals surface area contributed by atoms with Gasteiger partial charge in [-0.2, -0.15) is 0 Å². The second-order valence-corrected chi connectivity index (χ2v) is 5.00. The van der Waals surface area contributed by atoms with Crippen LogP contribution in [0.5, 0.6) is 5.75 Å². The molecule has 0 aliphatic rings. The molecule has 2 aromatic carbocycles. The highest BCUT2D eigenvalue weighted by molar-refractivity contribution is 6.30. The van der Waals surface area contributed by atoms with Crippen LogP contribution in [0.15, 0.2) is 48.5 Å². The average molecular weight is 306 g/mol. The Morgan fingerprint density at radius 1 is 1.29 bits per heavy atom. The molecule has 0 heterocycles. The molecule has 0 aliphatic heterocycles. The van der Waals surface area contributed by atoms with Crippen LogP contribution in [-0.2, 0) is 4.79 Å². The van der Waals surface area contributed by atoms with E-state index in [1.54, 1.807) is 55.5 Å². The average Bonchev–Trinajstić information content (AvgIpc) is 2.45. The Balaban J connectivity index is 1.95. The van der Waals surface area contributed by atoms with E-state index in [9.17, 15) is 9.90 Å². The van der Waals surface area contributed by atoms with Gasteiger partial charge in [-0.05, 0) is 31.2 Å². The number of ether oxygens (including phenoxy) is 1. The number of hydrogen-bond donors (Lipinski definition) is 2. The van der Waals surface area contributed by atoms with Gasteiger partial charge in [0.15, 0.2) is 6.61 Å². The first kappa shape index (κ1) is 15.4. The predicted molar refractivity (Wildman–Crippen MR) is 82.7 cm³/mol. The molecule has 0 aromatic heterocycles. The second-order valence-electron chi connectivity index (χ2n) is 4.56. The van der Waals surface area contributed by atoms with Crippen LogP contribution in [0.4, 0.5) is 5.69 Å². The van der Waals surface area contributed by atoms with Gasteiger partial charge < -0.3 is 15.2 Å². The van der Waals surface area contributed by atoms with Crippen molar-refractivity contribution in [1.82, 2.24) is 0 Å². The van der Waals surface area contributed by atoms with E-state index in [1.807, 2.05) is 0 Å². The summed E-state index contributed by atoms with van der Waals surface area (Å²) in [5, 5.41) is 12.9. The Morgan fingerprint density at radius 3 is 2.76 bits per heavy atom. The molecule has 0 fully saturated rings. The lowest BCUT2D eigenvalue weighted by Gasteiger charge is -2.13. The van der Waals surface area contributed by atoms with Crippen molar-refractivity contribution in [3.05, 3.63) is 59.1 Å². The van der Waals surface area contributed by atoms with Gasteiger partial charge in [-0.25, -0.2) is 0 Å². The molecule has 110 valence electrons. The van der Waals surface area contributed by atoms with Crippen LogP contribution in [0.2, 0.25) is 5.02 Å². The SMILES string of the molecule is CC(O)c1ccccc1OCC(=O)Nc1cccc(Cl)c1. The van der Waals surface area contributed by atoms with Crippen LogP contribution in [0, 0.1) is 0 Å². The summed E-state index contributed by atoms with van der Waals surface area (Å²) in [5.41, 5.74) is 1.26. The Hall–Kier alpha value is -2.04. The van der Waals surface area contributed by atoms with Crippen LogP contribution in [0.3, 0.4) is 0 Å². The van der Waals surface area contributed by atoms with Crippen molar-refractivity contribution in [2.24, 2.45) is 0 Å². The molecule has 0 saturated heterocycles. The zero-order valence-electron chi connectivity index (χ0n) is 11.5. The number of halogens is 1. The molecule has 1 unspecified atom stereocenters. The zero-order chi connectivity index (χ0) is 15.2. The fourth-order valence-electron chi connectivity index (χ4n) is 1.86. The van der Waals surface area contributed by atoms with Gasteiger partial charge in [0.2, 0.25) is 0 Å². The number of carbonyl (C=O) groups is 1. The van der Waals surface area contributed by atoms with Gasteiger partial charge >= 0.3 is 0 Å². The molecule has 1 atom stereocenters. The van der Waals surface area contributed by atoms with Crippen LogP contribution in [-0.4, -0.2) is 17.6 Å². The van der Waals surface area contributed by atoms with Gasteiger partial charge in [0.1, 0.15) is 5.75 Å². The Kier molecular flexibility index (Phi) is 5.20. The maximum Gasteiger partial charge on any atom is 0.262 e. The van der Waals surface area contributed by atoms with Crippen molar-refractivity contribution < 1.29 is 14.6 Å². The highest BCUT2D eigenvalue weighted by Gasteiger charge is 2.10. The third kappa shape index (κ3) is 4.48. The first-order valence-electron chi connectivity index (χ1n) is 6.51. The third-order valence-electron chi connectivity index (χ3n) is 2.84. The molecule has 0 saturated carbocycles. The molecule has 0 aliphatic carbocycles. The van der Waals surface area contributed by atoms with Gasteiger partial charge in [-0.1, -0.05) is 35.9 Å². The van der Waals surface area contributed by atoms with Crippen molar-refractivity contribution in [3.63, 3.8) is 0 Å². The first-order valence-corrected chi connectivity index (χ1v) is 6.89. The minimum absolute atomic E-state index is 0.143. The molecule has 2 aromatic rings.